The number of nitrogens with one attached hydrogen (secondary N) is 1. The van der Waals surface area contributed by atoms with Gasteiger partial charge in [0, 0.05) is 11.4 Å². The number of aryl methyl sites for hydroxylation is 1. The third-order valence-electron chi connectivity index (χ3n) is 3.18. The zero-order valence-electron chi connectivity index (χ0n) is 10.8. The summed E-state index contributed by atoms with van der Waals surface area (Å²) in [4.78, 5) is 29.6. The number of hydrogen-bond acceptors (Lipinski definition) is 4. The van der Waals surface area contributed by atoms with Crippen LogP contribution in [0, 0.1) is 6.92 Å². The lowest BCUT2D eigenvalue weighted by molar-refractivity contribution is 0.685. The summed E-state index contributed by atoms with van der Waals surface area (Å²) in [5.74, 6) is 0. The smallest absolute Gasteiger partial charge is 0.298 e. The monoisotopic (exact) mass is 326 g/mol. The van der Waals surface area contributed by atoms with E-state index in [9.17, 15) is 9.59 Å². The van der Waals surface area contributed by atoms with Crippen LogP contribution in [0.3, 0.4) is 0 Å². The molecule has 0 aliphatic carbocycles. The predicted octanol–water partition coefficient (Wildman–Crippen LogP) is 3.46. The Morgan fingerprint density at radius 2 is 2.05 bits per heavy atom. The zero-order chi connectivity index (χ0) is 14.4. The Hall–Kier alpha value is -1.37. The van der Waals surface area contributed by atoms with Gasteiger partial charge in [-0.1, -0.05) is 11.6 Å². The van der Waals surface area contributed by atoms with Crippen molar-refractivity contribution in [2.75, 3.05) is 0 Å². The summed E-state index contributed by atoms with van der Waals surface area (Å²) in [6, 6.07) is 3.76. The van der Waals surface area contributed by atoms with Crippen LogP contribution >= 0.6 is 34.3 Å². The van der Waals surface area contributed by atoms with E-state index in [4.69, 9.17) is 11.6 Å². The van der Waals surface area contributed by atoms with Gasteiger partial charge in [-0.3, -0.25) is 14.3 Å². The maximum atomic E-state index is 12.4. The molecule has 3 heterocycles. The molecule has 1 N–H and O–H groups in total. The Kier molecular flexibility index (Phi) is 3.32. The normalized spacial score (nSPS) is 11.3. The molecule has 0 amide bonds. The molecule has 3 rings (SSSR count). The van der Waals surface area contributed by atoms with Crippen molar-refractivity contribution in [3.05, 3.63) is 42.9 Å². The average Bonchev–Trinajstić information content (AvgIpc) is 2.94. The van der Waals surface area contributed by atoms with Crippen molar-refractivity contribution in [1.82, 2.24) is 9.55 Å². The van der Waals surface area contributed by atoms with E-state index in [0.29, 0.717) is 21.1 Å². The SMILES string of the molecule is CCn1c(=O)[nH]c2sc(-c3ccc(Cl)s3)c(C)c2c1=O. The molecule has 0 fully saturated rings. The second-order valence-corrected chi connectivity index (χ2v) is 7.08. The van der Waals surface area contributed by atoms with Crippen molar-refractivity contribution in [2.45, 2.75) is 20.4 Å². The molecular weight excluding hydrogens is 316 g/mol. The van der Waals surface area contributed by atoms with Crippen molar-refractivity contribution in [3.8, 4) is 9.75 Å². The van der Waals surface area contributed by atoms with Crippen LogP contribution in [0.1, 0.15) is 12.5 Å². The first kappa shape index (κ1) is 13.6. The summed E-state index contributed by atoms with van der Waals surface area (Å²) in [5.41, 5.74) is 0.308. The molecule has 0 radical (unpaired) electrons. The number of thiophene rings is 2. The Morgan fingerprint density at radius 3 is 2.65 bits per heavy atom. The number of fused-ring (bicyclic) bond motifs is 1. The highest BCUT2D eigenvalue weighted by atomic mass is 35.5. The number of nitrogens with zero attached hydrogens (tertiary/aromatic N) is 1. The Labute approximate surface area is 127 Å². The lowest BCUT2D eigenvalue weighted by Gasteiger charge is -2.00. The molecule has 0 saturated heterocycles. The van der Waals surface area contributed by atoms with Gasteiger partial charge >= 0.3 is 5.69 Å². The second kappa shape index (κ2) is 4.87. The fourth-order valence-electron chi connectivity index (χ4n) is 2.21. The van der Waals surface area contributed by atoms with Crippen molar-refractivity contribution < 1.29 is 0 Å². The van der Waals surface area contributed by atoms with Gasteiger partial charge < -0.3 is 0 Å². The Balaban J connectivity index is 2.39. The molecule has 0 aliphatic rings. The highest BCUT2D eigenvalue weighted by Crippen LogP contribution is 2.39. The van der Waals surface area contributed by atoms with Crippen LogP contribution in [0.15, 0.2) is 21.7 Å². The maximum Gasteiger partial charge on any atom is 0.329 e. The van der Waals surface area contributed by atoms with Gasteiger partial charge in [-0.15, -0.1) is 22.7 Å². The highest BCUT2D eigenvalue weighted by molar-refractivity contribution is 7.27. The van der Waals surface area contributed by atoms with Crippen LogP contribution in [0.4, 0.5) is 0 Å². The standard InChI is InChI=1S/C13H11ClN2O2S2/c1-3-16-12(17)9-6(2)10(7-4-5-8(14)19-7)20-11(9)15-13(16)18/h4-5H,3H2,1-2H3,(H,15,18). The molecule has 0 spiro atoms. The molecule has 0 atom stereocenters. The van der Waals surface area contributed by atoms with Gasteiger partial charge in [0.05, 0.1) is 14.6 Å². The summed E-state index contributed by atoms with van der Waals surface area (Å²) >= 11 is 8.85. The van der Waals surface area contributed by atoms with Crippen molar-refractivity contribution in [1.29, 1.82) is 0 Å². The number of halogens is 1. The minimum Gasteiger partial charge on any atom is -0.298 e. The third-order valence-corrected chi connectivity index (χ3v) is 5.80. The van der Waals surface area contributed by atoms with Crippen LogP contribution in [-0.4, -0.2) is 9.55 Å². The largest absolute Gasteiger partial charge is 0.329 e. The van der Waals surface area contributed by atoms with Crippen molar-refractivity contribution >= 4 is 44.5 Å². The first-order valence-electron chi connectivity index (χ1n) is 6.04. The quantitative estimate of drug-likeness (QED) is 0.784. The lowest BCUT2D eigenvalue weighted by Crippen LogP contribution is -2.34. The van der Waals surface area contributed by atoms with E-state index < -0.39 is 0 Å². The zero-order valence-corrected chi connectivity index (χ0v) is 13.2. The highest BCUT2D eigenvalue weighted by Gasteiger charge is 2.17. The van der Waals surface area contributed by atoms with Gasteiger partial charge in [-0.2, -0.15) is 0 Å². The van der Waals surface area contributed by atoms with E-state index in [1.807, 2.05) is 19.1 Å². The summed E-state index contributed by atoms with van der Waals surface area (Å²) in [5, 5.41) is 0.593. The fraction of sp³-hybridized carbons (Fsp3) is 0.231. The Morgan fingerprint density at radius 1 is 1.30 bits per heavy atom. The first-order valence-corrected chi connectivity index (χ1v) is 8.06. The number of aromatic nitrogens is 2. The summed E-state index contributed by atoms with van der Waals surface area (Å²) in [7, 11) is 0. The van der Waals surface area contributed by atoms with Crippen LogP contribution in [0.25, 0.3) is 20.0 Å². The van der Waals surface area contributed by atoms with Crippen LogP contribution in [0.5, 0.6) is 0 Å². The first-order chi connectivity index (χ1) is 9.52. The summed E-state index contributed by atoms with van der Waals surface area (Å²) in [6.45, 7) is 4.05. The molecule has 0 aliphatic heterocycles. The van der Waals surface area contributed by atoms with Crippen LogP contribution in [-0.2, 0) is 6.54 Å². The van der Waals surface area contributed by atoms with Crippen LogP contribution in [0.2, 0.25) is 4.34 Å². The van der Waals surface area contributed by atoms with Crippen LogP contribution < -0.4 is 11.2 Å². The molecule has 3 aromatic heterocycles. The lowest BCUT2D eigenvalue weighted by atomic mass is 10.2. The van der Waals surface area contributed by atoms with Gasteiger partial charge in [0.2, 0.25) is 0 Å². The second-order valence-electron chi connectivity index (χ2n) is 4.34. The van der Waals surface area contributed by atoms with E-state index in [1.165, 1.54) is 27.2 Å². The van der Waals surface area contributed by atoms with Crippen molar-refractivity contribution in [3.63, 3.8) is 0 Å². The molecule has 0 unspecified atom stereocenters. The van der Waals surface area contributed by atoms with Gasteiger partial charge in [0.15, 0.2) is 0 Å². The van der Waals surface area contributed by atoms with E-state index in [2.05, 4.69) is 4.98 Å². The summed E-state index contributed by atoms with van der Waals surface area (Å²) < 4.78 is 1.92. The Bertz CT molecular complexity index is 917. The average molecular weight is 327 g/mol. The molecule has 0 saturated carbocycles. The molecule has 4 nitrogen and oxygen atoms in total. The molecule has 3 aromatic rings. The molecule has 0 bridgehead atoms. The van der Waals surface area contributed by atoms with E-state index >= 15 is 0 Å². The van der Waals surface area contributed by atoms with Crippen molar-refractivity contribution in [2.24, 2.45) is 0 Å². The minimum atomic E-state index is -0.359. The van der Waals surface area contributed by atoms with Gasteiger partial charge in [-0.25, -0.2) is 4.79 Å². The minimum absolute atomic E-state index is 0.228. The molecule has 7 heteroatoms. The van der Waals surface area contributed by atoms with E-state index in [-0.39, 0.29) is 11.2 Å². The molecule has 20 heavy (non-hydrogen) atoms. The topological polar surface area (TPSA) is 54.9 Å². The number of aromatic amines is 1. The number of H-pyrrole nitrogens is 1. The van der Waals surface area contributed by atoms with E-state index in [0.717, 1.165) is 15.3 Å². The third kappa shape index (κ3) is 1.95. The predicted molar refractivity (Wildman–Crippen MR) is 85.4 cm³/mol. The van der Waals surface area contributed by atoms with Gasteiger partial charge in [0.1, 0.15) is 4.83 Å². The fourth-order valence-corrected chi connectivity index (χ4v) is 4.61. The number of hydrogen-bond donors (Lipinski definition) is 1. The molecular formula is C13H11ClN2O2S2. The number of rotatable bonds is 2. The molecule has 0 aromatic carbocycles. The maximum absolute atomic E-state index is 12.4. The van der Waals surface area contributed by atoms with Gasteiger partial charge in [0.25, 0.3) is 5.56 Å². The molecule has 104 valence electrons. The van der Waals surface area contributed by atoms with Gasteiger partial charge in [-0.05, 0) is 31.5 Å². The van der Waals surface area contributed by atoms with E-state index in [1.54, 1.807) is 6.92 Å². The summed E-state index contributed by atoms with van der Waals surface area (Å²) in [6.07, 6.45) is 0.